The summed E-state index contributed by atoms with van der Waals surface area (Å²) in [6.45, 7) is 2.59. The highest BCUT2D eigenvalue weighted by Crippen LogP contribution is 2.26. The van der Waals surface area contributed by atoms with Gasteiger partial charge in [0.05, 0.1) is 6.61 Å². The molecule has 0 heterocycles. The van der Waals surface area contributed by atoms with Crippen molar-refractivity contribution < 1.29 is 4.74 Å². The highest BCUT2D eigenvalue weighted by Gasteiger charge is 2.05. The molecule has 0 radical (unpaired) electrons. The van der Waals surface area contributed by atoms with E-state index in [1.54, 1.807) is 0 Å². The lowest BCUT2D eigenvalue weighted by Gasteiger charge is -2.09. The van der Waals surface area contributed by atoms with Crippen LogP contribution in [0.1, 0.15) is 12.5 Å². The van der Waals surface area contributed by atoms with Gasteiger partial charge in [-0.25, -0.2) is 0 Å². The molecule has 16 heavy (non-hydrogen) atoms. The van der Waals surface area contributed by atoms with E-state index in [-0.39, 0.29) is 17.6 Å². The van der Waals surface area contributed by atoms with E-state index in [4.69, 9.17) is 15.9 Å². The number of nitrogens with one attached hydrogen (secondary N) is 1. The molecular formula is C10H14BrClN2OS. The molecule has 90 valence electrons. The zero-order valence-electron chi connectivity index (χ0n) is 8.83. The predicted octanol–water partition coefficient (Wildman–Crippen LogP) is 3.40. The van der Waals surface area contributed by atoms with Gasteiger partial charge >= 0.3 is 0 Å². The number of benzene rings is 1. The normalized spacial score (nSPS) is 9.38. The lowest BCUT2D eigenvalue weighted by molar-refractivity contribution is 0.337. The second-order valence-electron chi connectivity index (χ2n) is 2.84. The van der Waals surface area contributed by atoms with Gasteiger partial charge in [-0.3, -0.25) is 5.41 Å². The molecule has 0 aliphatic carbocycles. The average Bonchev–Trinajstić information content (AvgIpc) is 2.18. The minimum Gasteiger partial charge on any atom is -0.494 e. The van der Waals surface area contributed by atoms with Gasteiger partial charge < -0.3 is 10.5 Å². The Bertz CT molecular complexity index is 363. The largest absolute Gasteiger partial charge is 0.494 e. The maximum absolute atomic E-state index is 7.16. The third kappa shape index (κ3) is 5.09. The molecule has 1 rings (SSSR count). The van der Waals surface area contributed by atoms with Crippen LogP contribution >= 0.6 is 40.1 Å². The van der Waals surface area contributed by atoms with Gasteiger partial charge in [-0.05, 0) is 25.1 Å². The molecule has 6 heteroatoms. The number of hydrogen-bond acceptors (Lipinski definition) is 3. The van der Waals surface area contributed by atoms with Crippen molar-refractivity contribution in [2.45, 2.75) is 12.7 Å². The third-order valence-electron chi connectivity index (χ3n) is 1.71. The van der Waals surface area contributed by atoms with E-state index in [0.717, 1.165) is 15.8 Å². The highest BCUT2D eigenvalue weighted by atomic mass is 79.9. The van der Waals surface area contributed by atoms with E-state index >= 15 is 0 Å². The molecule has 0 fully saturated rings. The fourth-order valence-electron chi connectivity index (χ4n) is 1.11. The van der Waals surface area contributed by atoms with Gasteiger partial charge in [0.15, 0.2) is 5.17 Å². The number of thioether (sulfide) groups is 1. The van der Waals surface area contributed by atoms with Crippen LogP contribution in [-0.4, -0.2) is 11.8 Å². The second kappa shape index (κ2) is 7.81. The number of amidine groups is 1. The average molecular weight is 326 g/mol. The van der Waals surface area contributed by atoms with Gasteiger partial charge in [-0.1, -0.05) is 27.7 Å². The Kier molecular flexibility index (Phi) is 7.62. The summed E-state index contributed by atoms with van der Waals surface area (Å²) in [7, 11) is 0. The lowest BCUT2D eigenvalue weighted by Crippen LogP contribution is -2.04. The zero-order valence-corrected chi connectivity index (χ0v) is 12.0. The van der Waals surface area contributed by atoms with Crippen molar-refractivity contribution in [3.8, 4) is 5.75 Å². The molecule has 0 atom stereocenters. The number of rotatable bonds is 4. The van der Waals surface area contributed by atoms with Crippen LogP contribution in [0.2, 0.25) is 0 Å². The SMILES string of the molecule is CCOc1ccc(Br)cc1CSC(=N)N.Cl. The Balaban J connectivity index is 0.00000225. The Morgan fingerprint density at radius 1 is 1.56 bits per heavy atom. The van der Waals surface area contributed by atoms with Crippen LogP contribution < -0.4 is 10.5 Å². The van der Waals surface area contributed by atoms with Crippen molar-refractivity contribution in [2.24, 2.45) is 5.73 Å². The predicted molar refractivity (Wildman–Crippen MR) is 75.8 cm³/mol. The van der Waals surface area contributed by atoms with Crippen LogP contribution in [0.25, 0.3) is 0 Å². The topological polar surface area (TPSA) is 59.1 Å². The molecule has 3 N–H and O–H groups in total. The minimum atomic E-state index is 0. The van der Waals surface area contributed by atoms with Crippen LogP contribution in [-0.2, 0) is 5.75 Å². The van der Waals surface area contributed by atoms with Crippen LogP contribution in [0.15, 0.2) is 22.7 Å². The summed E-state index contributed by atoms with van der Waals surface area (Å²) in [6.07, 6.45) is 0. The molecule has 0 aromatic heterocycles. The molecule has 1 aromatic rings. The van der Waals surface area contributed by atoms with Gasteiger partial charge in [0, 0.05) is 15.8 Å². The second-order valence-corrected chi connectivity index (χ2v) is 4.77. The van der Waals surface area contributed by atoms with E-state index in [0.29, 0.717) is 12.4 Å². The zero-order chi connectivity index (χ0) is 11.3. The molecular weight excluding hydrogens is 312 g/mol. The Morgan fingerprint density at radius 3 is 2.81 bits per heavy atom. The first-order chi connectivity index (χ1) is 7.13. The molecule has 0 unspecified atom stereocenters. The van der Waals surface area contributed by atoms with E-state index in [1.165, 1.54) is 11.8 Å². The Labute approximate surface area is 114 Å². The molecule has 0 bridgehead atoms. The van der Waals surface area contributed by atoms with Crippen molar-refractivity contribution in [2.75, 3.05) is 6.61 Å². The van der Waals surface area contributed by atoms with Crippen molar-refractivity contribution in [3.05, 3.63) is 28.2 Å². The molecule has 0 amide bonds. The van der Waals surface area contributed by atoms with Crippen LogP contribution in [0.3, 0.4) is 0 Å². The van der Waals surface area contributed by atoms with Gasteiger partial charge in [-0.2, -0.15) is 0 Å². The van der Waals surface area contributed by atoms with Crippen LogP contribution in [0, 0.1) is 5.41 Å². The molecule has 0 aliphatic rings. The van der Waals surface area contributed by atoms with Gasteiger partial charge in [0.1, 0.15) is 5.75 Å². The van der Waals surface area contributed by atoms with Crippen LogP contribution in [0.5, 0.6) is 5.75 Å². The van der Waals surface area contributed by atoms with Gasteiger partial charge in [0.25, 0.3) is 0 Å². The van der Waals surface area contributed by atoms with E-state index in [1.807, 2.05) is 25.1 Å². The van der Waals surface area contributed by atoms with E-state index < -0.39 is 0 Å². The maximum Gasteiger partial charge on any atom is 0.151 e. The summed E-state index contributed by atoms with van der Waals surface area (Å²) < 4.78 is 6.48. The number of hydrogen-bond donors (Lipinski definition) is 2. The standard InChI is InChI=1S/C10H13BrN2OS.ClH/c1-2-14-9-4-3-8(11)5-7(9)6-15-10(12)13;/h3-5H,2,6H2,1H3,(H3,12,13);1H. The maximum atomic E-state index is 7.16. The third-order valence-corrected chi connectivity index (χ3v) is 2.97. The van der Waals surface area contributed by atoms with Crippen molar-refractivity contribution in [3.63, 3.8) is 0 Å². The highest BCUT2D eigenvalue weighted by molar-refractivity contribution is 9.10. The number of nitrogens with two attached hydrogens (primary N) is 1. The first-order valence-electron chi connectivity index (χ1n) is 4.51. The summed E-state index contributed by atoms with van der Waals surface area (Å²) in [4.78, 5) is 0. The summed E-state index contributed by atoms with van der Waals surface area (Å²) >= 11 is 4.70. The first-order valence-corrected chi connectivity index (χ1v) is 6.29. The Morgan fingerprint density at radius 2 is 2.25 bits per heavy atom. The smallest absolute Gasteiger partial charge is 0.151 e. The molecule has 0 aliphatic heterocycles. The van der Waals surface area contributed by atoms with Gasteiger partial charge in [0.2, 0.25) is 0 Å². The van der Waals surface area contributed by atoms with Crippen molar-refractivity contribution in [1.29, 1.82) is 5.41 Å². The molecule has 0 spiro atoms. The number of ether oxygens (including phenoxy) is 1. The van der Waals surface area contributed by atoms with E-state index in [9.17, 15) is 0 Å². The van der Waals surface area contributed by atoms with Crippen LogP contribution in [0.4, 0.5) is 0 Å². The monoisotopic (exact) mass is 324 g/mol. The van der Waals surface area contributed by atoms with Gasteiger partial charge in [-0.15, -0.1) is 12.4 Å². The summed E-state index contributed by atoms with van der Waals surface area (Å²) in [6, 6.07) is 5.84. The molecule has 0 saturated heterocycles. The molecule has 0 saturated carbocycles. The van der Waals surface area contributed by atoms with E-state index in [2.05, 4.69) is 15.9 Å². The van der Waals surface area contributed by atoms with Crippen molar-refractivity contribution >= 4 is 45.3 Å². The molecule has 1 aromatic carbocycles. The summed E-state index contributed by atoms with van der Waals surface area (Å²) in [5, 5.41) is 7.28. The summed E-state index contributed by atoms with van der Waals surface area (Å²) in [5.41, 5.74) is 6.34. The fourth-order valence-corrected chi connectivity index (χ4v) is 2.06. The number of halogens is 2. The lowest BCUT2D eigenvalue weighted by atomic mass is 10.2. The quantitative estimate of drug-likeness (QED) is 0.659. The minimum absolute atomic E-state index is 0. The first kappa shape index (κ1) is 15.6. The fraction of sp³-hybridized carbons (Fsp3) is 0.300. The molecule has 3 nitrogen and oxygen atoms in total. The Hall–Kier alpha value is -0.390. The summed E-state index contributed by atoms with van der Waals surface area (Å²) in [5.74, 6) is 1.51. The van der Waals surface area contributed by atoms with Crippen molar-refractivity contribution in [1.82, 2.24) is 0 Å².